The van der Waals surface area contributed by atoms with Gasteiger partial charge in [-0.05, 0) is 49.2 Å². The lowest BCUT2D eigenvalue weighted by atomic mass is 10.1. The number of benzene rings is 2. The standard InChI is InChI=1S/C17H18ClNO2/c1-12-3-8-16(21-2)14(11-12)9-10-19-17(20)13-4-6-15(18)7-5-13/h3-8,11H,9-10H2,1-2H3,(H,19,20). The number of amides is 1. The van der Waals surface area contributed by atoms with Crippen LogP contribution in [0.15, 0.2) is 42.5 Å². The first-order chi connectivity index (χ1) is 10.1. The lowest BCUT2D eigenvalue weighted by Crippen LogP contribution is -2.25. The van der Waals surface area contributed by atoms with Crippen molar-refractivity contribution in [2.45, 2.75) is 13.3 Å². The molecule has 110 valence electrons. The van der Waals surface area contributed by atoms with Gasteiger partial charge in [0.15, 0.2) is 0 Å². The van der Waals surface area contributed by atoms with E-state index in [1.165, 1.54) is 5.56 Å². The molecule has 0 atom stereocenters. The van der Waals surface area contributed by atoms with Gasteiger partial charge in [-0.15, -0.1) is 0 Å². The summed E-state index contributed by atoms with van der Waals surface area (Å²) < 4.78 is 5.33. The molecule has 2 aromatic rings. The van der Waals surface area contributed by atoms with Crippen molar-refractivity contribution in [3.05, 3.63) is 64.2 Å². The molecule has 0 fully saturated rings. The number of hydrogen-bond acceptors (Lipinski definition) is 2. The quantitative estimate of drug-likeness (QED) is 0.916. The summed E-state index contributed by atoms with van der Waals surface area (Å²) in [6.07, 6.45) is 0.726. The Morgan fingerprint density at radius 2 is 1.90 bits per heavy atom. The average molecular weight is 304 g/mol. The van der Waals surface area contributed by atoms with E-state index in [1.54, 1.807) is 31.4 Å². The van der Waals surface area contributed by atoms with Gasteiger partial charge in [-0.3, -0.25) is 4.79 Å². The van der Waals surface area contributed by atoms with Crippen LogP contribution in [0.25, 0.3) is 0 Å². The highest BCUT2D eigenvalue weighted by Crippen LogP contribution is 2.19. The molecule has 4 heteroatoms. The molecule has 0 aromatic heterocycles. The number of halogens is 1. The van der Waals surface area contributed by atoms with E-state index >= 15 is 0 Å². The zero-order chi connectivity index (χ0) is 15.2. The third-order valence-corrected chi connectivity index (χ3v) is 3.47. The number of nitrogens with one attached hydrogen (secondary N) is 1. The minimum atomic E-state index is -0.0988. The SMILES string of the molecule is COc1ccc(C)cc1CCNC(=O)c1ccc(Cl)cc1. The van der Waals surface area contributed by atoms with Gasteiger partial charge in [0, 0.05) is 17.1 Å². The van der Waals surface area contributed by atoms with Gasteiger partial charge in [-0.2, -0.15) is 0 Å². The Morgan fingerprint density at radius 3 is 2.57 bits per heavy atom. The molecule has 2 aromatic carbocycles. The third-order valence-electron chi connectivity index (χ3n) is 3.22. The molecule has 1 amide bonds. The Morgan fingerprint density at radius 1 is 1.19 bits per heavy atom. The minimum Gasteiger partial charge on any atom is -0.496 e. The molecule has 0 aliphatic heterocycles. The van der Waals surface area contributed by atoms with Gasteiger partial charge in [0.2, 0.25) is 0 Å². The van der Waals surface area contributed by atoms with Crippen LogP contribution in [0.3, 0.4) is 0 Å². The molecule has 0 bridgehead atoms. The Balaban J connectivity index is 1.93. The van der Waals surface area contributed by atoms with Crippen LogP contribution in [0.4, 0.5) is 0 Å². The van der Waals surface area contributed by atoms with E-state index in [1.807, 2.05) is 19.1 Å². The van der Waals surface area contributed by atoms with E-state index in [4.69, 9.17) is 16.3 Å². The maximum Gasteiger partial charge on any atom is 0.251 e. The molecule has 0 heterocycles. The second-order valence-corrected chi connectivity index (χ2v) is 5.26. The molecular formula is C17H18ClNO2. The first-order valence-corrected chi connectivity index (χ1v) is 7.15. The summed E-state index contributed by atoms with van der Waals surface area (Å²) in [5.41, 5.74) is 2.87. The van der Waals surface area contributed by atoms with Gasteiger partial charge >= 0.3 is 0 Å². The maximum atomic E-state index is 12.0. The summed E-state index contributed by atoms with van der Waals surface area (Å²) >= 11 is 5.80. The lowest BCUT2D eigenvalue weighted by molar-refractivity contribution is 0.0954. The number of ether oxygens (including phenoxy) is 1. The summed E-state index contributed by atoms with van der Waals surface area (Å²) in [5.74, 6) is 0.750. The van der Waals surface area contributed by atoms with E-state index in [0.717, 1.165) is 17.7 Å². The summed E-state index contributed by atoms with van der Waals surface area (Å²) in [7, 11) is 1.65. The number of rotatable bonds is 5. The smallest absolute Gasteiger partial charge is 0.251 e. The number of hydrogen-bond donors (Lipinski definition) is 1. The van der Waals surface area contributed by atoms with Crippen LogP contribution in [-0.4, -0.2) is 19.6 Å². The zero-order valence-corrected chi connectivity index (χ0v) is 12.9. The van der Waals surface area contributed by atoms with Crippen LogP contribution < -0.4 is 10.1 Å². The summed E-state index contributed by atoms with van der Waals surface area (Å²) in [4.78, 5) is 12.0. The molecule has 21 heavy (non-hydrogen) atoms. The highest BCUT2D eigenvalue weighted by Gasteiger charge is 2.07. The Labute approximate surface area is 129 Å². The van der Waals surface area contributed by atoms with Crippen molar-refractivity contribution in [2.24, 2.45) is 0 Å². The number of carbonyl (C=O) groups excluding carboxylic acids is 1. The van der Waals surface area contributed by atoms with E-state index in [0.29, 0.717) is 17.1 Å². The molecule has 0 aliphatic carbocycles. The summed E-state index contributed by atoms with van der Waals surface area (Å²) in [6.45, 7) is 2.59. The van der Waals surface area contributed by atoms with Crippen LogP contribution in [-0.2, 0) is 6.42 Å². The van der Waals surface area contributed by atoms with Crippen LogP contribution in [0.5, 0.6) is 5.75 Å². The second kappa shape index (κ2) is 7.14. The monoisotopic (exact) mass is 303 g/mol. The fraction of sp³-hybridized carbons (Fsp3) is 0.235. The van der Waals surface area contributed by atoms with Crippen molar-refractivity contribution in [2.75, 3.05) is 13.7 Å². The predicted octanol–water partition coefficient (Wildman–Crippen LogP) is 3.63. The molecule has 0 unspecified atom stereocenters. The first kappa shape index (κ1) is 15.4. The molecule has 0 radical (unpaired) electrons. The van der Waals surface area contributed by atoms with Crippen LogP contribution in [0.2, 0.25) is 5.02 Å². The van der Waals surface area contributed by atoms with Crippen molar-refractivity contribution in [1.29, 1.82) is 0 Å². The fourth-order valence-electron chi connectivity index (χ4n) is 2.12. The average Bonchev–Trinajstić information content (AvgIpc) is 2.48. The normalized spacial score (nSPS) is 10.2. The van der Waals surface area contributed by atoms with Gasteiger partial charge in [-0.1, -0.05) is 29.3 Å². The second-order valence-electron chi connectivity index (χ2n) is 4.83. The molecule has 1 N–H and O–H groups in total. The van der Waals surface area contributed by atoms with Crippen molar-refractivity contribution >= 4 is 17.5 Å². The molecule has 0 saturated heterocycles. The molecule has 0 saturated carbocycles. The van der Waals surface area contributed by atoms with E-state index in [-0.39, 0.29) is 5.91 Å². The van der Waals surface area contributed by atoms with E-state index in [2.05, 4.69) is 11.4 Å². The summed E-state index contributed by atoms with van der Waals surface area (Å²) in [5, 5.41) is 3.52. The van der Waals surface area contributed by atoms with Crippen LogP contribution in [0, 0.1) is 6.92 Å². The predicted molar refractivity (Wildman–Crippen MR) is 85.2 cm³/mol. The first-order valence-electron chi connectivity index (χ1n) is 6.77. The lowest BCUT2D eigenvalue weighted by Gasteiger charge is -2.10. The van der Waals surface area contributed by atoms with Crippen molar-refractivity contribution in [1.82, 2.24) is 5.32 Å². The Hall–Kier alpha value is -2.00. The topological polar surface area (TPSA) is 38.3 Å². The van der Waals surface area contributed by atoms with Gasteiger partial charge in [0.1, 0.15) is 5.75 Å². The number of carbonyl (C=O) groups is 1. The van der Waals surface area contributed by atoms with E-state index < -0.39 is 0 Å². The van der Waals surface area contributed by atoms with Crippen LogP contribution in [0.1, 0.15) is 21.5 Å². The van der Waals surface area contributed by atoms with Gasteiger partial charge in [0.25, 0.3) is 5.91 Å². The van der Waals surface area contributed by atoms with Gasteiger partial charge in [-0.25, -0.2) is 0 Å². The van der Waals surface area contributed by atoms with Crippen molar-refractivity contribution < 1.29 is 9.53 Å². The van der Waals surface area contributed by atoms with Gasteiger partial charge in [0.05, 0.1) is 7.11 Å². The highest BCUT2D eigenvalue weighted by molar-refractivity contribution is 6.30. The Bertz CT molecular complexity index is 623. The highest BCUT2D eigenvalue weighted by atomic mass is 35.5. The van der Waals surface area contributed by atoms with E-state index in [9.17, 15) is 4.79 Å². The number of aryl methyl sites for hydroxylation is 1. The maximum absolute atomic E-state index is 12.0. The summed E-state index contributed by atoms with van der Waals surface area (Å²) in [6, 6.07) is 12.9. The molecule has 2 rings (SSSR count). The Kier molecular flexibility index (Phi) is 5.23. The zero-order valence-electron chi connectivity index (χ0n) is 12.2. The van der Waals surface area contributed by atoms with Crippen LogP contribution >= 0.6 is 11.6 Å². The third kappa shape index (κ3) is 4.23. The minimum absolute atomic E-state index is 0.0988. The molecular weight excluding hydrogens is 286 g/mol. The largest absolute Gasteiger partial charge is 0.496 e. The molecule has 3 nitrogen and oxygen atoms in total. The molecule has 0 spiro atoms. The fourth-order valence-corrected chi connectivity index (χ4v) is 2.24. The van der Waals surface area contributed by atoms with Crippen molar-refractivity contribution in [3.8, 4) is 5.75 Å². The molecule has 0 aliphatic rings. The van der Waals surface area contributed by atoms with Crippen molar-refractivity contribution in [3.63, 3.8) is 0 Å². The van der Waals surface area contributed by atoms with Gasteiger partial charge < -0.3 is 10.1 Å². The number of methoxy groups -OCH3 is 1.